The minimum Gasteiger partial charge on any atom is -0.360 e. The van der Waals surface area contributed by atoms with E-state index in [1.54, 1.807) is 49.4 Å². The number of hydrogen-bond donors (Lipinski definition) is 1. The Kier molecular flexibility index (Phi) is 5.62. The largest absolute Gasteiger partial charge is 0.360 e. The maximum absolute atomic E-state index is 14.5. The number of carbonyl (C=O) groups excluding carboxylic acids is 1. The molecule has 152 valence electrons. The number of nitrogens with zero attached hydrogens (tertiary/aromatic N) is 3. The van der Waals surface area contributed by atoms with Gasteiger partial charge in [-0.15, -0.1) is 0 Å². The summed E-state index contributed by atoms with van der Waals surface area (Å²) in [6, 6.07) is 14.5. The number of rotatable bonds is 6. The van der Waals surface area contributed by atoms with Gasteiger partial charge in [0, 0.05) is 18.2 Å². The Labute approximate surface area is 174 Å². The number of fused-ring (bicyclic) bond motifs is 1. The molecular formula is C21H17FN4O3S. The minimum absolute atomic E-state index is 0.116. The van der Waals surface area contributed by atoms with Gasteiger partial charge in [0.15, 0.2) is 11.0 Å². The minimum atomic E-state index is -0.530. The van der Waals surface area contributed by atoms with Crippen LogP contribution in [0.2, 0.25) is 0 Å². The van der Waals surface area contributed by atoms with Crippen molar-refractivity contribution in [2.24, 2.45) is 0 Å². The van der Waals surface area contributed by atoms with E-state index in [1.807, 2.05) is 0 Å². The van der Waals surface area contributed by atoms with E-state index < -0.39 is 5.82 Å². The number of thioether (sulfide) groups is 1. The Hall–Kier alpha value is -3.46. The summed E-state index contributed by atoms with van der Waals surface area (Å²) in [5, 5.41) is 7.06. The Bertz CT molecular complexity index is 1280. The summed E-state index contributed by atoms with van der Waals surface area (Å²) in [5.74, 6) is 0.486. The molecule has 0 unspecified atom stereocenters. The predicted octanol–water partition coefficient (Wildman–Crippen LogP) is 3.94. The summed E-state index contributed by atoms with van der Waals surface area (Å²) in [6.07, 6.45) is 0.149. The van der Waals surface area contributed by atoms with Gasteiger partial charge in [-0.2, -0.15) is 0 Å². The Morgan fingerprint density at radius 1 is 1.20 bits per heavy atom. The number of carbonyl (C=O) groups is 1. The van der Waals surface area contributed by atoms with Gasteiger partial charge < -0.3 is 9.84 Å². The fraction of sp³-hybridized carbons (Fsp3) is 0.143. The third-order valence-electron chi connectivity index (χ3n) is 4.29. The molecule has 2 aromatic carbocycles. The molecule has 0 bridgehead atoms. The molecule has 30 heavy (non-hydrogen) atoms. The molecule has 2 heterocycles. The van der Waals surface area contributed by atoms with Crippen LogP contribution >= 0.6 is 11.8 Å². The number of aryl methyl sites for hydroxylation is 1. The topological polar surface area (TPSA) is 90.0 Å². The molecule has 0 saturated carbocycles. The van der Waals surface area contributed by atoms with Gasteiger partial charge in [0.25, 0.3) is 5.56 Å². The maximum Gasteiger partial charge on any atom is 0.266 e. The van der Waals surface area contributed by atoms with Crippen molar-refractivity contribution in [3.05, 3.63) is 76.5 Å². The van der Waals surface area contributed by atoms with Crippen molar-refractivity contribution in [3.63, 3.8) is 0 Å². The van der Waals surface area contributed by atoms with Crippen molar-refractivity contribution in [2.45, 2.75) is 18.5 Å². The monoisotopic (exact) mass is 424 g/mol. The molecule has 9 heteroatoms. The SMILES string of the molecule is Cc1cc(NC(=O)CCSc2nc3ccccc3c(=O)n2-c2ccccc2F)no1. The van der Waals surface area contributed by atoms with E-state index in [0.29, 0.717) is 33.4 Å². The second kappa shape index (κ2) is 8.50. The van der Waals surface area contributed by atoms with Crippen LogP contribution in [0.1, 0.15) is 12.2 Å². The third kappa shape index (κ3) is 4.11. The lowest BCUT2D eigenvalue weighted by Crippen LogP contribution is -2.23. The van der Waals surface area contributed by atoms with Gasteiger partial charge in [0.2, 0.25) is 5.91 Å². The van der Waals surface area contributed by atoms with Crippen LogP contribution in [0, 0.1) is 12.7 Å². The number of benzene rings is 2. The lowest BCUT2D eigenvalue weighted by atomic mass is 10.2. The number of aromatic nitrogens is 3. The van der Waals surface area contributed by atoms with E-state index in [4.69, 9.17) is 4.52 Å². The first-order valence-electron chi connectivity index (χ1n) is 9.15. The molecule has 0 aliphatic rings. The molecule has 0 fully saturated rings. The lowest BCUT2D eigenvalue weighted by Gasteiger charge is -2.13. The molecule has 1 amide bonds. The fourth-order valence-electron chi connectivity index (χ4n) is 2.92. The van der Waals surface area contributed by atoms with Gasteiger partial charge in [0.05, 0.1) is 16.6 Å². The predicted molar refractivity (Wildman–Crippen MR) is 113 cm³/mol. The summed E-state index contributed by atoms with van der Waals surface area (Å²) < 4.78 is 20.6. The summed E-state index contributed by atoms with van der Waals surface area (Å²) in [7, 11) is 0. The lowest BCUT2D eigenvalue weighted by molar-refractivity contribution is -0.115. The van der Waals surface area contributed by atoms with Crippen molar-refractivity contribution in [1.82, 2.24) is 14.7 Å². The third-order valence-corrected chi connectivity index (χ3v) is 5.23. The normalized spacial score (nSPS) is 11.0. The molecule has 0 saturated heterocycles. The van der Waals surface area contributed by atoms with Gasteiger partial charge in [0.1, 0.15) is 11.6 Å². The van der Waals surface area contributed by atoms with Gasteiger partial charge in [-0.25, -0.2) is 9.37 Å². The number of anilines is 1. The number of amides is 1. The summed E-state index contributed by atoms with van der Waals surface area (Å²) in [5.41, 5.74) is 0.265. The van der Waals surface area contributed by atoms with Gasteiger partial charge in [-0.05, 0) is 31.2 Å². The molecule has 2 aromatic heterocycles. The van der Waals surface area contributed by atoms with E-state index in [1.165, 1.54) is 28.5 Å². The molecule has 4 aromatic rings. The molecule has 7 nitrogen and oxygen atoms in total. The van der Waals surface area contributed by atoms with Crippen LogP contribution in [0.3, 0.4) is 0 Å². The molecule has 0 spiro atoms. The second-order valence-electron chi connectivity index (χ2n) is 6.47. The van der Waals surface area contributed by atoms with Crippen molar-refractivity contribution in [3.8, 4) is 5.69 Å². The highest BCUT2D eigenvalue weighted by atomic mass is 32.2. The zero-order chi connectivity index (χ0) is 21.1. The average molecular weight is 424 g/mol. The van der Waals surface area contributed by atoms with Gasteiger partial charge in [-0.3, -0.25) is 14.2 Å². The quantitative estimate of drug-likeness (QED) is 0.372. The molecule has 4 rings (SSSR count). The Morgan fingerprint density at radius 2 is 1.97 bits per heavy atom. The van der Waals surface area contributed by atoms with E-state index in [2.05, 4.69) is 15.5 Å². The standard InChI is InChI=1S/C21H17FN4O3S/c1-13-12-18(25-29-13)24-19(27)10-11-30-21-23-16-8-4-2-6-14(16)20(28)26(21)17-9-5-3-7-15(17)22/h2-9,12H,10-11H2,1H3,(H,24,25,27). The number of halogens is 1. The summed E-state index contributed by atoms with van der Waals surface area (Å²) in [6.45, 7) is 1.73. The van der Waals surface area contributed by atoms with E-state index in [9.17, 15) is 14.0 Å². The fourth-order valence-corrected chi connectivity index (χ4v) is 3.86. The highest BCUT2D eigenvalue weighted by Crippen LogP contribution is 2.23. The molecule has 0 radical (unpaired) electrons. The van der Waals surface area contributed by atoms with Gasteiger partial charge in [-0.1, -0.05) is 41.2 Å². The first-order valence-corrected chi connectivity index (χ1v) is 10.1. The molecule has 1 N–H and O–H groups in total. The van der Waals surface area contributed by atoms with Crippen LogP contribution in [0.25, 0.3) is 16.6 Å². The number of nitrogens with one attached hydrogen (secondary N) is 1. The van der Waals surface area contributed by atoms with Crippen molar-refractivity contribution >= 4 is 34.4 Å². The second-order valence-corrected chi connectivity index (χ2v) is 7.54. The zero-order valence-electron chi connectivity index (χ0n) is 16.0. The van der Waals surface area contributed by atoms with Crippen LogP contribution < -0.4 is 10.9 Å². The number of hydrogen-bond acceptors (Lipinski definition) is 6. The first kappa shape index (κ1) is 19.8. The average Bonchev–Trinajstić information content (AvgIpc) is 3.14. The van der Waals surface area contributed by atoms with Crippen molar-refractivity contribution in [1.29, 1.82) is 0 Å². The van der Waals surface area contributed by atoms with E-state index >= 15 is 0 Å². The van der Waals surface area contributed by atoms with Crippen LogP contribution in [-0.2, 0) is 4.79 Å². The molecule has 0 aliphatic carbocycles. The number of para-hydroxylation sites is 2. The molecule has 0 atom stereocenters. The molecular weight excluding hydrogens is 407 g/mol. The van der Waals surface area contributed by atoms with E-state index in [-0.39, 0.29) is 23.6 Å². The zero-order valence-corrected chi connectivity index (χ0v) is 16.8. The van der Waals surface area contributed by atoms with Crippen LogP contribution in [-0.4, -0.2) is 26.4 Å². The van der Waals surface area contributed by atoms with Gasteiger partial charge >= 0.3 is 0 Å². The van der Waals surface area contributed by atoms with Crippen molar-refractivity contribution < 1.29 is 13.7 Å². The van der Waals surface area contributed by atoms with Crippen LogP contribution in [0.4, 0.5) is 10.2 Å². The van der Waals surface area contributed by atoms with E-state index in [0.717, 1.165) is 0 Å². The Balaban J connectivity index is 1.61. The molecule has 0 aliphatic heterocycles. The smallest absolute Gasteiger partial charge is 0.266 e. The van der Waals surface area contributed by atoms with Crippen molar-refractivity contribution in [2.75, 3.05) is 11.1 Å². The Morgan fingerprint density at radius 3 is 2.73 bits per heavy atom. The highest BCUT2D eigenvalue weighted by molar-refractivity contribution is 7.99. The maximum atomic E-state index is 14.5. The van der Waals surface area contributed by atoms with Crippen LogP contribution in [0.5, 0.6) is 0 Å². The summed E-state index contributed by atoms with van der Waals surface area (Å²) in [4.78, 5) is 29.8. The van der Waals surface area contributed by atoms with Crippen LogP contribution in [0.15, 0.2) is 69.1 Å². The first-order chi connectivity index (χ1) is 14.5. The summed E-state index contributed by atoms with van der Waals surface area (Å²) >= 11 is 1.20. The highest BCUT2D eigenvalue weighted by Gasteiger charge is 2.16.